The van der Waals surface area contributed by atoms with E-state index in [-0.39, 0.29) is 24.3 Å². The summed E-state index contributed by atoms with van der Waals surface area (Å²) in [7, 11) is 0. The molecule has 3 heterocycles. The van der Waals surface area contributed by atoms with E-state index >= 15 is 0 Å². The number of fused-ring (bicyclic) bond motifs is 2. The lowest BCUT2D eigenvalue weighted by atomic mass is 9.93. The number of imide groups is 1. The molecule has 1 saturated heterocycles. The highest BCUT2D eigenvalue weighted by molar-refractivity contribution is 6.21. The number of hydrogen-bond acceptors (Lipinski definition) is 3. The number of hydrogen-bond donors (Lipinski definition) is 1. The second-order valence-corrected chi connectivity index (χ2v) is 8.38. The smallest absolute Gasteiger partial charge is 0.261 e. The van der Waals surface area contributed by atoms with Crippen LogP contribution in [0.5, 0.6) is 0 Å². The lowest BCUT2D eigenvalue weighted by Crippen LogP contribution is -2.38. The second-order valence-electron chi connectivity index (χ2n) is 8.38. The number of para-hydroxylation sites is 1. The van der Waals surface area contributed by atoms with Crippen molar-refractivity contribution in [3.63, 3.8) is 0 Å². The van der Waals surface area contributed by atoms with Crippen molar-refractivity contribution >= 4 is 28.6 Å². The van der Waals surface area contributed by atoms with E-state index in [1.54, 1.807) is 24.3 Å². The van der Waals surface area contributed by atoms with Crippen molar-refractivity contribution in [2.24, 2.45) is 0 Å². The van der Waals surface area contributed by atoms with Gasteiger partial charge in [-0.2, -0.15) is 0 Å². The summed E-state index contributed by atoms with van der Waals surface area (Å²) in [6.07, 6.45) is 2.73. The Bertz CT molecular complexity index is 1090. The van der Waals surface area contributed by atoms with E-state index in [1.807, 2.05) is 17.0 Å². The summed E-state index contributed by atoms with van der Waals surface area (Å²) in [6.45, 7) is 1.77. The summed E-state index contributed by atoms with van der Waals surface area (Å²) in [5, 5.41) is 1.23. The van der Waals surface area contributed by atoms with E-state index < -0.39 is 0 Å². The standard InChI is InChI=1S/C25H25N3O3/c29-23(10-5-13-28-24(30)19-7-2-3-8-20(19)25(28)31)27-14-11-17(12-15-27)22-16-18-6-1-4-9-21(18)26-22/h1-4,6-9,16-17,26H,5,10-15H2. The Morgan fingerprint density at radius 2 is 1.58 bits per heavy atom. The molecule has 2 aliphatic rings. The molecule has 1 aromatic heterocycles. The van der Waals surface area contributed by atoms with E-state index in [2.05, 4.69) is 23.2 Å². The zero-order chi connectivity index (χ0) is 21.4. The van der Waals surface area contributed by atoms with Gasteiger partial charge >= 0.3 is 0 Å². The summed E-state index contributed by atoms with van der Waals surface area (Å²) >= 11 is 0. The molecule has 1 N–H and O–H groups in total. The average Bonchev–Trinajstić information content (AvgIpc) is 3.34. The molecule has 0 bridgehead atoms. The maximum atomic E-state index is 12.7. The molecule has 5 rings (SSSR count). The largest absolute Gasteiger partial charge is 0.358 e. The van der Waals surface area contributed by atoms with E-state index in [9.17, 15) is 14.4 Å². The fraction of sp³-hybridized carbons (Fsp3) is 0.320. The van der Waals surface area contributed by atoms with E-state index in [0.29, 0.717) is 29.9 Å². The number of carbonyl (C=O) groups excluding carboxylic acids is 3. The fourth-order valence-corrected chi connectivity index (χ4v) is 4.74. The SMILES string of the molecule is O=C(CCCN1C(=O)c2ccccc2C1=O)N1CCC(c2cc3ccccc3[nH]2)CC1. The zero-order valence-electron chi connectivity index (χ0n) is 17.3. The molecule has 2 aromatic carbocycles. The van der Waals surface area contributed by atoms with Crippen molar-refractivity contribution in [1.29, 1.82) is 0 Å². The first-order valence-corrected chi connectivity index (χ1v) is 10.9. The third-order valence-corrected chi connectivity index (χ3v) is 6.49. The molecule has 0 spiro atoms. The Balaban J connectivity index is 1.11. The number of carbonyl (C=O) groups is 3. The summed E-state index contributed by atoms with van der Waals surface area (Å²) in [6, 6.07) is 17.4. The van der Waals surface area contributed by atoms with E-state index in [0.717, 1.165) is 31.4 Å². The zero-order valence-corrected chi connectivity index (χ0v) is 17.3. The van der Waals surface area contributed by atoms with Gasteiger partial charge in [-0.15, -0.1) is 0 Å². The molecule has 158 valence electrons. The number of nitrogens with one attached hydrogen (secondary N) is 1. The first kappa shape index (κ1) is 19.5. The predicted molar refractivity (Wildman–Crippen MR) is 118 cm³/mol. The van der Waals surface area contributed by atoms with Gasteiger partial charge in [0.05, 0.1) is 11.1 Å². The van der Waals surface area contributed by atoms with Gasteiger partial charge < -0.3 is 9.88 Å². The molecule has 31 heavy (non-hydrogen) atoms. The van der Waals surface area contributed by atoms with Crippen LogP contribution in [0.3, 0.4) is 0 Å². The molecular weight excluding hydrogens is 390 g/mol. The van der Waals surface area contributed by atoms with E-state index in [4.69, 9.17) is 0 Å². The Labute approximate surface area is 180 Å². The van der Waals surface area contributed by atoms with Crippen LogP contribution in [0, 0.1) is 0 Å². The molecule has 2 aliphatic heterocycles. The van der Waals surface area contributed by atoms with Gasteiger partial charge in [0.25, 0.3) is 11.8 Å². The first-order chi connectivity index (χ1) is 15.1. The quantitative estimate of drug-likeness (QED) is 0.641. The van der Waals surface area contributed by atoms with Crippen LogP contribution >= 0.6 is 0 Å². The van der Waals surface area contributed by atoms with Crippen molar-refractivity contribution in [3.8, 4) is 0 Å². The third kappa shape index (κ3) is 3.63. The summed E-state index contributed by atoms with van der Waals surface area (Å²) in [5.41, 5.74) is 3.32. The molecular formula is C25H25N3O3. The maximum absolute atomic E-state index is 12.7. The average molecular weight is 415 g/mol. The normalized spacial score (nSPS) is 16.9. The van der Waals surface area contributed by atoms with Gasteiger partial charge in [-0.1, -0.05) is 30.3 Å². The van der Waals surface area contributed by atoms with Crippen LogP contribution in [0.2, 0.25) is 0 Å². The molecule has 3 aromatic rings. The van der Waals surface area contributed by atoms with Crippen LogP contribution in [0.4, 0.5) is 0 Å². The molecule has 0 unspecified atom stereocenters. The highest BCUT2D eigenvalue weighted by atomic mass is 16.2. The Morgan fingerprint density at radius 3 is 2.26 bits per heavy atom. The number of nitrogens with zero attached hydrogens (tertiary/aromatic N) is 2. The molecule has 1 fully saturated rings. The number of amides is 3. The van der Waals surface area contributed by atoms with E-state index in [1.165, 1.54) is 16.0 Å². The van der Waals surface area contributed by atoms with Crippen LogP contribution in [0.15, 0.2) is 54.6 Å². The van der Waals surface area contributed by atoms with Crippen LogP contribution in [0.25, 0.3) is 10.9 Å². The molecule has 6 nitrogen and oxygen atoms in total. The van der Waals surface area contributed by atoms with Crippen molar-refractivity contribution in [2.45, 2.75) is 31.6 Å². The van der Waals surface area contributed by atoms with Gasteiger partial charge in [-0.05, 0) is 48.9 Å². The number of piperidine rings is 1. The van der Waals surface area contributed by atoms with Crippen LogP contribution in [-0.4, -0.2) is 52.1 Å². The van der Waals surface area contributed by atoms with Crippen LogP contribution in [-0.2, 0) is 4.79 Å². The van der Waals surface area contributed by atoms with Crippen molar-refractivity contribution in [2.75, 3.05) is 19.6 Å². The van der Waals surface area contributed by atoms with Gasteiger partial charge in [0.2, 0.25) is 5.91 Å². The second kappa shape index (κ2) is 8.02. The molecule has 0 aliphatic carbocycles. The summed E-state index contributed by atoms with van der Waals surface area (Å²) in [5.74, 6) is 0.0286. The lowest BCUT2D eigenvalue weighted by molar-refractivity contribution is -0.132. The molecule has 6 heteroatoms. The van der Waals surface area contributed by atoms with Crippen molar-refractivity contribution in [3.05, 3.63) is 71.4 Å². The van der Waals surface area contributed by atoms with Gasteiger partial charge in [0, 0.05) is 43.2 Å². The Hall–Kier alpha value is -3.41. The predicted octanol–water partition coefficient (Wildman–Crippen LogP) is 3.95. The number of likely N-dealkylation sites (tertiary alicyclic amines) is 1. The fourth-order valence-electron chi connectivity index (χ4n) is 4.74. The lowest BCUT2D eigenvalue weighted by Gasteiger charge is -2.32. The van der Waals surface area contributed by atoms with Gasteiger partial charge in [-0.3, -0.25) is 19.3 Å². The van der Waals surface area contributed by atoms with Crippen molar-refractivity contribution in [1.82, 2.24) is 14.8 Å². The molecule has 3 amide bonds. The van der Waals surface area contributed by atoms with Gasteiger partial charge in [0.15, 0.2) is 0 Å². The number of benzene rings is 2. The number of H-pyrrole nitrogens is 1. The first-order valence-electron chi connectivity index (χ1n) is 10.9. The summed E-state index contributed by atoms with van der Waals surface area (Å²) in [4.78, 5) is 44.2. The monoisotopic (exact) mass is 415 g/mol. The number of aromatic amines is 1. The van der Waals surface area contributed by atoms with Gasteiger partial charge in [0.1, 0.15) is 0 Å². The minimum atomic E-state index is -0.257. The maximum Gasteiger partial charge on any atom is 0.261 e. The summed E-state index contributed by atoms with van der Waals surface area (Å²) < 4.78 is 0. The number of aromatic nitrogens is 1. The highest BCUT2D eigenvalue weighted by Gasteiger charge is 2.34. The van der Waals surface area contributed by atoms with Crippen molar-refractivity contribution < 1.29 is 14.4 Å². The third-order valence-electron chi connectivity index (χ3n) is 6.49. The molecule has 0 atom stereocenters. The molecule has 0 saturated carbocycles. The Morgan fingerprint density at radius 1 is 0.935 bits per heavy atom. The minimum Gasteiger partial charge on any atom is -0.358 e. The topological polar surface area (TPSA) is 73.5 Å². The highest BCUT2D eigenvalue weighted by Crippen LogP contribution is 2.30. The van der Waals surface area contributed by atoms with Crippen LogP contribution < -0.4 is 0 Å². The number of rotatable bonds is 5. The molecule has 0 radical (unpaired) electrons. The minimum absolute atomic E-state index is 0.103. The van der Waals surface area contributed by atoms with Crippen LogP contribution in [0.1, 0.15) is 58.0 Å². The Kier molecular flexibility index (Phi) is 5.06. The van der Waals surface area contributed by atoms with Gasteiger partial charge in [-0.25, -0.2) is 0 Å².